The predicted octanol–water partition coefficient (Wildman–Crippen LogP) is 6.26. The summed E-state index contributed by atoms with van der Waals surface area (Å²) < 4.78 is 22.7. The highest BCUT2D eigenvalue weighted by molar-refractivity contribution is 6.01. The number of nitrogens with one attached hydrogen (secondary N) is 1. The van der Waals surface area contributed by atoms with Gasteiger partial charge in [-0.2, -0.15) is 0 Å². The SMILES string of the molecule is CCOc1c(/C(C)=C/C(=O)NCc2ccc3c(c2)OCO3)cc2c(-c3ccccc3)coc2c1C. The average molecular weight is 470 g/mol. The van der Waals surface area contributed by atoms with Crippen LogP contribution in [0.15, 0.2) is 71.4 Å². The van der Waals surface area contributed by atoms with E-state index in [-0.39, 0.29) is 12.7 Å². The van der Waals surface area contributed by atoms with Gasteiger partial charge in [-0.05, 0) is 55.7 Å². The lowest BCUT2D eigenvalue weighted by Gasteiger charge is -2.15. The summed E-state index contributed by atoms with van der Waals surface area (Å²) in [6, 6.07) is 17.8. The van der Waals surface area contributed by atoms with Crippen molar-refractivity contribution in [1.82, 2.24) is 5.32 Å². The summed E-state index contributed by atoms with van der Waals surface area (Å²) in [6.07, 6.45) is 3.39. The van der Waals surface area contributed by atoms with Gasteiger partial charge >= 0.3 is 0 Å². The van der Waals surface area contributed by atoms with Gasteiger partial charge in [0.2, 0.25) is 12.7 Å². The highest BCUT2D eigenvalue weighted by Gasteiger charge is 2.19. The van der Waals surface area contributed by atoms with E-state index in [2.05, 4.69) is 23.5 Å². The van der Waals surface area contributed by atoms with Gasteiger partial charge in [0, 0.05) is 34.7 Å². The van der Waals surface area contributed by atoms with Gasteiger partial charge in [0.15, 0.2) is 11.5 Å². The van der Waals surface area contributed by atoms with Crippen molar-refractivity contribution >= 4 is 22.4 Å². The van der Waals surface area contributed by atoms with E-state index in [1.807, 2.05) is 57.2 Å². The molecule has 2 heterocycles. The lowest BCUT2D eigenvalue weighted by atomic mass is 9.96. The zero-order valence-electron chi connectivity index (χ0n) is 20.0. The number of hydrogen-bond acceptors (Lipinski definition) is 5. The molecular formula is C29H27NO5. The van der Waals surface area contributed by atoms with Crippen molar-refractivity contribution in [1.29, 1.82) is 0 Å². The Morgan fingerprint density at radius 2 is 1.89 bits per heavy atom. The molecule has 3 aromatic carbocycles. The maximum atomic E-state index is 12.8. The van der Waals surface area contributed by atoms with Crippen LogP contribution in [0.1, 0.15) is 30.5 Å². The highest BCUT2D eigenvalue weighted by atomic mass is 16.7. The van der Waals surface area contributed by atoms with Gasteiger partial charge < -0.3 is 23.9 Å². The van der Waals surface area contributed by atoms with Crippen LogP contribution in [0.5, 0.6) is 17.2 Å². The third-order valence-corrected chi connectivity index (χ3v) is 6.09. The Morgan fingerprint density at radius 3 is 2.69 bits per heavy atom. The molecule has 6 heteroatoms. The number of benzene rings is 3. The highest BCUT2D eigenvalue weighted by Crippen LogP contribution is 2.40. The predicted molar refractivity (Wildman–Crippen MR) is 136 cm³/mol. The van der Waals surface area contributed by atoms with E-state index in [4.69, 9.17) is 18.6 Å². The standard InChI is InChI=1S/C29H27NO5/c1-4-32-28-19(3)29-23(24(16-33-29)21-8-6-5-7-9-21)14-22(28)18(2)12-27(31)30-15-20-10-11-25-26(13-20)35-17-34-25/h5-14,16H,4,15,17H2,1-3H3,(H,30,31)/b18-12+. The number of aryl methyl sites for hydroxylation is 1. The van der Waals surface area contributed by atoms with E-state index >= 15 is 0 Å². The molecule has 6 nitrogen and oxygen atoms in total. The fourth-order valence-corrected chi connectivity index (χ4v) is 4.35. The van der Waals surface area contributed by atoms with Gasteiger partial charge in [0.25, 0.3) is 0 Å². The summed E-state index contributed by atoms with van der Waals surface area (Å²) in [5, 5.41) is 3.94. The smallest absolute Gasteiger partial charge is 0.244 e. The van der Waals surface area contributed by atoms with Crippen molar-refractivity contribution in [2.75, 3.05) is 13.4 Å². The van der Waals surface area contributed by atoms with Crippen LogP contribution < -0.4 is 19.5 Å². The number of fused-ring (bicyclic) bond motifs is 2. The van der Waals surface area contributed by atoms with E-state index in [0.717, 1.165) is 55.9 Å². The molecule has 178 valence electrons. The fraction of sp³-hybridized carbons (Fsp3) is 0.207. The van der Waals surface area contributed by atoms with Crippen LogP contribution in [0.4, 0.5) is 0 Å². The zero-order valence-corrected chi connectivity index (χ0v) is 20.0. The first-order valence-electron chi connectivity index (χ1n) is 11.6. The summed E-state index contributed by atoms with van der Waals surface area (Å²) in [7, 11) is 0. The second kappa shape index (κ2) is 9.58. The Morgan fingerprint density at radius 1 is 1.09 bits per heavy atom. The molecule has 0 unspecified atom stereocenters. The maximum absolute atomic E-state index is 12.8. The molecule has 4 aromatic rings. The molecule has 0 aliphatic carbocycles. The first kappa shape index (κ1) is 22.6. The van der Waals surface area contributed by atoms with Crippen LogP contribution in [0.3, 0.4) is 0 Å². The lowest BCUT2D eigenvalue weighted by molar-refractivity contribution is -0.116. The zero-order chi connectivity index (χ0) is 24.4. The van der Waals surface area contributed by atoms with Crippen LogP contribution in [0.25, 0.3) is 27.7 Å². The van der Waals surface area contributed by atoms with Crippen LogP contribution in [-0.4, -0.2) is 19.3 Å². The van der Waals surface area contributed by atoms with Crippen LogP contribution >= 0.6 is 0 Å². The molecule has 0 bridgehead atoms. The van der Waals surface area contributed by atoms with E-state index in [1.165, 1.54) is 0 Å². The summed E-state index contributed by atoms with van der Waals surface area (Å²) in [6.45, 7) is 6.97. The molecule has 0 fully saturated rings. The molecule has 1 aliphatic rings. The average Bonchev–Trinajstić information content (AvgIpc) is 3.51. The van der Waals surface area contributed by atoms with Crippen LogP contribution in [0.2, 0.25) is 0 Å². The number of amides is 1. The molecule has 1 aromatic heterocycles. The Labute approximate surface area is 204 Å². The fourth-order valence-electron chi connectivity index (χ4n) is 4.35. The summed E-state index contributed by atoms with van der Waals surface area (Å²) in [4.78, 5) is 12.8. The van der Waals surface area contributed by atoms with E-state index in [1.54, 1.807) is 12.3 Å². The van der Waals surface area contributed by atoms with Crippen molar-refractivity contribution < 1.29 is 23.4 Å². The molecule has 0 saturated heterocycles. The number of furan rings is 1. The molecule has 0 atom stereocenters. The molecule has 1 aliphatic heterocycles. The van der Waals surface area contributed by atoms with Crippen molar-refractivity contribution in [3.63, 3.8) is 0 Å². The monoisotopic (exact) mass is 469 g/mol. The van der Waals surface area contributed by atoms with Gasteiger partial charge in [-0.25, -0.2) is 0 Å². The largest absolute Gasteiger partial charge is 0.493 e. The van der Waals surface area contributed by atoms with Gasteiger partial charge in [-0.3, -0.25) is 4.79 Å². The molecule has 0 radical (unpaired) electrons. The van der Waals surface area contributed by atoms with Crippen molar-refractivity contribution in [3.8, 4) is 28.4 Å². The molecule has 35 heavy (non-hydrogen) atoms. The third kappa shape index (κ3) is 4.47. The number of rotatable bonds is 7. The minimum atomic E-state index is -0.184. The Bertz CT molecular complexity index is 1420. The van der Waals surface area contributed by atoms with Crippen molar-refractivity contribution in [2.45, 2.75) is 27.3 Å². The number of carbonyl (C=O) groups is 1. The molecule has 5 rings (SSSR count). The first-order chi connectivity index (χ1) is 17.0. The second-order valence-electron chi connectivity index (χ2n) is 8.44. The summed E-state index contributed by atoms with van der Waals surface area (Å²) >= 11 is 0. The summed E-state index contributed by atoms with van der Waals surface area (Å²) in [5.74, 6) is 1.96. The third-order valence-electron chi connectivity index (χ3n) is 6.09. The topological polar surface area (TPSA) is 69.9 Å². The molecule has 0 spiro atoms. The number of hydrogen-bond donors (Lipinski definition) is 1. The van der Waals surface area contributed by atoms with Crippen LogP contribution in [0, 0.1) is 6.92 Å². The van der Waals surface area contributed by atoms with Gasteiger partial charge in [-0.15, -0.1) is 0 Å². The normalized spacial score (nSPS) is 12.7. The number of ether oxygens (including phenoxy) is 3. The maximum Gasteiger partial charge on any atom is 0.244 e. The van der Waals surface area contributed by atoms with E-state index < -0.39 is 0 Å². The number of allylic oxidation sites excluding steroid dienone is 1. The van der Waals surface area contributed by atoms with Gasteiger partial charge in [0.1, 0.15) is 11.3 Å². The minimum Gasteiger partial charge on any atom is -0.493 e. The van der Waals surface area contributed by atoms with Crippen LogP contribution in [-0.2, 0) is 11.3 Å². The molecule has 0 saturated carbocycles. The van der Waals surface area contributed by atoms with Gasteiger partial charge in [0.05, 0.1) is 12.9 Å². The van der Waals surface area contributed by atoms with Crippen molar-refractivity contribution in [2.24, 2.45) is 0 Å². The Balaban J connectivity index is 1.44. The van der Waals surface area contributed by atoms with Crippen molar-refractivity contribution in [3.05, 3.63) is 83.6 Å². The van der Waals surface area contributed by atoms with E-state index in [9.17, 15) is 4.79 Å². The summed E-state index contributed by atoms with van der Waals surface area (Å²) in [5.41, 5.74) is 6.39. The minimum absolute atomic E-state index is 0.184. The lowest BCUT2D eigenvalue weighted by Crippen LogP contribution is -2.20. The molecular weight excluding hydrogens is 442 g/mol. The first-order valence-corrected chi connectivity index (χ1v) is 11.6. The van der Waals surface area contributed by atoms with Gasteiger partial charge in [-0.1, -0.05) is 36.4 Å². The number of carbonyl (C=O) groups excluding carboxylic acids is 1. The molecule has 1 N–H and O–H groups in total. The second-order valence-corrected chi connectivity index (χ2v) is 8.44. The Kier molecular flexibility index (Phi) is 6.19. The molecule has 1 amide bonds. The quantitative estimate of drug-likeness (QED) is 0.324. The Hall–Kier alpha value is -4.19. The van der Waals surface area contributed by atoms with E-state index in [0.29, 0.717) is 18.9 Å².